The Bertz CT molecular complexity index is 306. The van der Waals surface area contributed by atoms with Crippen LogP contribution in [0.4, 0.5) is 4.79 Å². The molecule has 1 N–H and O–H groups in total. The minimum absolute atomic E-state index is 0.246. The van der Waals surface area contributed by atoms with Crippen molar-refractivity contribution in [2.45, 2.75) is 0 Å². The van der Waals surface area contributed by atoms with Crippen molar-refractivity contribution < 1.29 is 9.53 Å². The Kier molecular flexibility index (Phi) is 4.27. The van der Waals surface area contributed by atoms with Gasteiger partial charge in [0, 0.05) is 7.05 Å². The van der Waals surface area contributed by atoms with Crippen LogP contribution in [0, 0.1) is 7.05 Å². The van der Waals surface area contributed by atoms with Crippen molar-refractivity contribution in [2.75, 3.05) is 6.61 Å². The van der Waals surface area contributed by atoms with E-state index in [1.165, 1.54) is 0 Å². The smallest absolute Gasteiger partial charge is 0.407 e. The monoisotopic (exact) mass is 190 g/mol. The van der Waals surface area contributed by atoms with Gasteiger partial charge in [-0.1, -0.05) is 36.4 Å². The SMILES string of the molecule is [CH2]NC(=O)OCC=Cc1ccccc1. The van der Waals surface area contributed by atoms with E-state index in [1.807, 2.05) is 36.4 Å². The molecule has 73 valence electrons. The van der Waals surface area contributed by atoms with E-state index in [0.29, 0.717) is 0 Å². The molecule has 0 unspecified atom stereocenters. The van der Waals surface area contributed by atoms with E-state index in [0.717, 1.165) is 5.56 Å². The van der Waals surface area contributed by atoms with Crippen LogP contribution in [0.1, 0.15) is 5.56 Å². The van der Waals surface area contributed by atoms with Gasteiger partial charge in [0.25, 0.3) is 0 Å². The predicted molar refractivity (Wildman–Crippen MR) is 55.3 cm³/mol. The van der Waals surface area contributed by atoms with E-state index in [-0.39, 0.29) is 6.61 Å². The van der Waals surface area contributed by atoms with E-state index < -0.39 is 6.09 Å². The minimum Gasteiger partial charge on any atom is -0.445 e. The summed E-state index contributed by atoms with van der Waals surface area (Å²) in [6.45, 7) is 0.246. The van der Waals surface area contributed by atoms with Crippen molar-refractivity contribution in [1.29, 1.82) is 0 Å². The highest BCUT2D eigenvalue weighted by Crippen LogP contribution is 2.00. The van der Waals surface area contributed by atoms with Crippen molar-refractivity contribution >= 4 is 12.2 Å². The highest BCUT2D eigenvalue weighted by Gasteiger charge is 1.92. The maximum Gasteiger partial charge on any atom is 0.407 e. The molecule has 0 aliphatic carbocycles. The largest absolute Gasteiger partial charge is 0.445 e. The minimum atomic E-state index is -0.525. The van der Waals surface area contributed by atoms with Crippen molar-refractivity contribution in [3.8, 4) is 0 Å². The summed E-state index contributed by atoms with van der Waals surface area (Å²) in [5.41, 5.74) is 1.08. The van der Waals surface area contributed by atoms with Crippen LogP contribution in [0.25, 0.3) is 6.08 Å². The van der Waals surface area contributed by atoms with Gasteiger partial charge in [-0.15, -0.1) is 0 Å². The van der Waals surface area contributed by atoms with E-state index in [4.69, 9.17) is 4.74 Å². The van der Waals surface area contributed by atoms with Gasteiger partial charge in [-0.2, -0.15) is 0 Å². The first-order valence-corrected chi connectivity index (χ1v) is 4.24. The summed E-state index contributed by atoms with van der Waals surface area (Å²) in [4.78, 5) is 10.6. The van der Waals surface area contributed by atoms with Crippen molar-refractivity contribution in [1.82, 2.24) is 5.32 Å². The van der Waals surface area contributed by atoms with Gasteiger partial charge in [-0.25, -0.2) is 4.79 Å². The van der Waals surface area contributed by atoms with Crippen LogP contribution in [0.15, 0.2) is 36.4 Å². The zero-order valence-corrected chi connectivity index (χ0v) is 7.77. The third-order valence-electron chi connectivity index (χ3n) is 1.56. The number of hydrogen-bond acceptors (Lipinski definition) is 2. The molecule has 0 heterocycles. The Hall–Kier alpha value is -1.77. The fraction of sp³-hybridized carbons (Fsp3) is 0.0909. The van der Waals surface area contributed by atoms with Crippen molar-refractivity contribution in [2.24, 2.45) is 0 Å². The number of nitrogens with one attached hydrogen (secondary N) is 1. The number of benzene rings is 1. The predicted octanol–water partition coefficient (Wildman–Crippen LogP) is 2.22. The molecule has 1 amide bonds. The normalized spacial score (nSPS) is 10.1. The third kappa shape index (κ3) is 3.76. The molecule has 0 saturated heterocycles. The first kappa shape index (κ1) is 10.3. The van der Waals surface area contributed by atoms with Gasteiger partial charge in [0.2, 0.25) is 0 Å². The lowest BCUT2D eigenvalue weighted by atomic mass is 10.2. The highest BCUT2D eigenvalue weighted by atomic mass is 16.5. The van der Waals surface area contributed by atoms with Gasteiger partial charge < -0.3 is 10.1 Å². The molecule has 0 aliphatic rings. The van der Waals surface area contributed by atoms with Crippen LogP contribution in [-0.2, 0) is 4.74 Å². The fourth-order valence-electron chi connectivity index (χ4n) is 0.923. The molecule has 0 atom stereocenters. The first-order valence-electron chi connectivity index (χ1n) is 4.24. The van der Waals surface area contributed by atoms with Gasteiger partial charge >= 0.3 is 6.09 Å². The number of carbonyl (C=O) groups excluding carboxylic acids is 1. The summed E-state index contributed by atoms with van der Waals surface area (Å²) in [6.07, 6.45) is 3.13. The van der Waals surface area contributed by atoms with Gasteiger partial charge in [-0.05, 0) is 11.6 Å². The van der Waals surface area contributed by atoms with E-state index in [9.17, 15) is 4.79 Å². The lowest BCUT2D eigenvalue weighted by molar-refractivity contribution is 0.162. The van der Waals surface area contributed by atoms with Gasteiger partial charge in [0.1, 0.15) is 6.61 Å². The Balaban J connectivity index is 2.31. The molecule has 3 heteroatoms. The molecule has 1 radical (unpaired) electrons. The number of alkyl carbamates (subject to hydrolysis) is 1. The zero-order chi connectivity index (χ0) is 10.2. The Morgan fingerprint density at radius 3 is 2.79 bits per heavy atom. The lowest BCUT2D eigenvalue weighted by Gasteiger charge is -1.98. The zero-order valence-electron chi connectivity index (χ0n) is 7.77. The second kappa shape index (κ2) is 5.80. The summed E-state index contributed by atoms with van der Waals surface area (Å²) in [5.74, 6) is 0. The van der Waals surface area contributed by atoms with Crippen LogP contribution >= 0.6 is 0 Å². The molecular formula is C11H12NO2. The topological polar surface area (TPSA) is 38.3 Å². The standard InChI is InChI=1S/C11H12NO2/c1-12-11(13)14-9-5-8-10-6-3-2-4-7-10/h2-8H,1,9H2,(H,12,13). The summed E-state index contributed by atoms with van der Waals surface area (Å²) in [6, 6.07) is 9.78. The summed E-state index contributed by atoms with van der Waals surface area (Å²) in [5, 5.41) is 2.12. The second-order valence-electron chi connectivity index (χ2n) is 2.59. The van der Waals surface area contributed by atoms with Crippen molar-refractivity contribution in [3.63, 3.8) is 0 Å². The summed E-state index contributed by atoms with van der Waals surface area (Å²) in [7, 11) is 3.17. The molecule has 1 aromatic carbocycles. The van der Waals surface area contributed by atoms with Crippen LogP contribution in [0.2, 0.25) is 0 Å². The average molecular weight is 190 g/mol. The second-order valence-corrected chi connectivity index (χ2v) is 2.59. The number of hydrogen-bond donors (Lipinski definition) is 1. The van der Waals surface area contributed by atoms with Crippen LogP contribution in [0.5, 0.6) is 0 Å². The molecule has 1 aromatic rings. The van der Waals surface area contributed by atoms with E-state index >= 15 is 0 Å². The molecule has 0 bridgehead atoms. The van der Waals surface area contributed by atoms with E-state index in [1.54, 1.807) is 6.08 Å². The number of rotatable bonds is 3. The Labute approximate surface area is 83.4 Å². The summed E-state index contributed by atoms with van der Waals surface area (Å²) >= 11 is 0. The Morgan fingerprint density at radius 2 is 2.14 bits per heavy atom. The maximum absolute atomic E-state index is 10.6. The first-order chi connectivity index (χ1) is 6.83. The molecule has 14 heavy (non-hydrogen) atoms. The van der Waals surface area contributed by atoms with Crippen LogP contribution in [0.3, 0.4) is 0 Å². The van der Waals surface area contributed by atoms with Gasteiger partial charge in [0.05, 0.1) is 0 Å². The third-order valence-corrected chi connectivity index (χ3v) is 1.56. The maximum atomic E-state index is 10.6. The van der Waals surface area contributed by atoms with Crippen molar-refractivity contribution in [3.05, 3.63) is 49.0 Å². The molecule has 0 aliphatic heterocycles. The number of carbonyl (C=O) groups is 1. The van der Waals surface area contributed by atoms with Gasteiger partial charge in [0.15, 0.2) is 0 Å². The average Bonchev–Trinajstić information content (AvgIpc) is 2.25. The fourth-order valence-corrected chi connectivity index (χ4v) is 0.923. The molecule has 0 fully saturated rings. The lowest BCUT2D eigenvalue weighted by Crippen LogP contribution is -2.16. The van der Waals surface area contributed by atoms with E-state index in [2.05, 4.69) is 12.4 Å². The Morgan fingerprint density at radius 1 is 1.43 bits per heavy atom. The quantitative estimate of drug-likeness (QED) is 0.793. The van der Waals surface area contributed by atoms with Crippen LogP contribution < -0.4 is 5.32 Å². The summed E-state index contributed by atoms with van der Waals surface area (Å²) < 4.78 is 4.71. The van der Waals surface area contributed by atoms with Crippen LogP contribution in [-0.4, -0.2) is 12.7 Å². The molecule has 0 spiro atoms. The highest BCUT2D eigenvalue weighted by molar-refractivity contribution is 5.67. The molecular weight excluding hydrogens is 178 g/mol. The molecule has 0 aromatic heterocycles. The number of ether oxygens (including phenoxy) is 1. The molecule has 3 nitrogen and oxygen atoms in total. The van der Waals surface area contributed by atoms with Gasteiger partial charge in [-0.3, -0.25) is 0 Å². The molecule has 0 saturated carbocycles. The number of amides is 1. The molecule has 1 rings (SSSR count).